The highest BCUT2D eigenvalue weighted by atomic mass is 16.7. The largest absolute Gasteiger partial charge is 0.505 e. The van der Waals surface area contributed by atoms with Crippen molar-refractivity contribution >= 4 is 5.97 Å². The van der Waals surface area contributed by atoms with Gasteiger partial charge in [-0.25, -0.2) is 4.79 Å². The van der Waals surface area contributed by atoms with Crippen LogP contribution in [-0.2, 0) is 23.7 Å². The average Bonchev–Trinajstić information content (AvgIpc) is 3.31. The summed E-state index contributed by atoms with van der Waals surface area (Å²) >= 11 is 0. The Morgan fingerprint density at radius 2 is 1.25 bits per heavy atom. The van der Waals surface area contributed by atoms with Crippen molar-refractivity contribution in [2.45, 2.75) is 177 Å². The highest BCUT2D eigenvalue weighted by Crippen LogP contribution is 2.40. The van der Waals surface area contributed by atoms with Gasteiger partial charge in [0.05, 0.1) is 25.9 Å². The Morgan fingerprint density at radius 3 is 1.73 bits per heavy atom. The van der Waals surface area contributed by atoms with Gasteiger partial charge >= 0.3 is 5.97 Å². The van der Waals surface area contributed by atoms with E-state index >= 15 is 0 Å². The monoisotopic (exact) mass is 692 g/mol. The summed E-state index contributed by atoms with van der Waals surface area (Å²) in [6.45, 7) is 0.678. The summed E-state index contributed by atoms with van der Waals surface area (Å²) in [5.74, 6) is -3.06. The Kier molecular flexibility index (Phi) is 21.1. The Morgan fingerprint density at radius 1 is 0.750 bits per heavy atom. The van der Waals surface area contributed by atoms with Crippen LogP contribution in [0.1, 0.15) is 129 Å². The predicted octanol–water partition coefficient (Wildman–Crippen LogP) is 3.03. The molecule has 0 spiro atoms. The summed E-state index contributed by atoms with van der Waals surface area (Å²) in [5.41, 5.74) is -2.24. The Hall–Kier alpha value is -1.55. The normalized spacial score (nSPS) is 27.3. The molecular formula is C35H64O13. The third-order valence-electron chi connectivity index (χ3n) is 9.36. The fourth-order valence-electron chi connectivity index (χ4n) is 6.28. The number of ether oxygens (including phenoxy) is 4. The molecule has 1 saturated heterocycles. The van der Waals surface area contributed by atoms with Crippen molar-refractivity contribution in [3.8, 4) is 0 Å². The molecule has 0 aromatic rings. The Labute approximate surface area is 285 Å². The van der Waals surface area contributed by atoms with Crippen LogP contribution in [0.25, 0.3) is 0 Å². The molecule has 0 aromatic carbocycles. The topological polar surface area (TPSA) is 216 Å². The van der Waals surface area contributed by atoms with E-state index in [0.29, 0.717) is 6.61 Å². The maximum atomic E-state index is 12.7. The van der Waals surface area contributed by atoms with Crippen LogP contribution in [-0.4, -0.2) is 122 Å². The molecule has 0 amide bonds. The second-order valence-electron chi connectivity index (χ2n) is 13.4. The second-order valence-corrected chi connectivity index (χ2v) is 13.4. The van der Waals surface area contributed by atoms with E-state index in [9.17, 15) is 45.6 Å². The molecule has 0 aliphatic carbocycles. The van der Waals surface area contributed by atoms with Crippen molar-refractivity contribution in [3.05, 3.63) is 11.5 Å². The first-order chi connectivity index (χ1) is 23.1. The number of carbonyl (C=O) groups excluding carboxylic acids is 1. The van der Waals surface area contributed by atoms with Gasteiger partial charge < -0.3 is 59.8 Å². The molecule has 13 heteroatoms. The first-order valence-electron chi connectivity index (χ1n) is 18.3. The lowest BCUT2D eigenvalue weighted by Crippen LogP contribution is -2.59. The van der Waals surface area contributed by atoms with E-state index in [-0.39, 0.29) is 6.61 Å². The van der Waals surface area contributed by atoms with E-state index in [1.165, 1.54) is 89.9 Å². The number of esters is 1. The van der Waals surface area contributed by atoms with Gasteiger partial charge in [-0.1, -0.05) is 116 Å². The van der Waals surface area contributed by atoms with Crippen LogP contribution in [0.15, 0.2) is 11.5 Å². The molecule has 2 aliphatic heterocycles. The third-order valence-corrected chi connectivity index (χ3v) is 9.36. The van der Waals surface area contributed by atoms with Crippen molar-refractivity contribution in [1.82, 2.24) is 0 Å². The molecule has 0 aromatic heterocycles. The molecule has 2 heterocycles. The van der Waals surface area contributed by atoms with Gasteiger partial charge in [0.25, 0.3) is 0 Å². The fraction of sp³-hybridized carbons (Fsp3) is 0.914. The number of rotatable bonds is 28. The summed E-state index contributed by atoms with van der Waals surface area (Å²) in [4.78, 5) is 12.7. The minimum Gasteiger partial charge on any atom is -0.505 e. The van der Waals surface area contributed by atoms with Gasteiger partial charge in [0, 0.05) is 13.0 Å². The highest BCUT2D eigenvalue weighted by Gasteiger charge is 2.57. The molecule has 282 valence electrons. The van der Waals surface area contributed by atoms with Gasteiger partial charge in [-0.05, 0) is 6.42 Å². The van der Waals surface area contributed by atoms with Gasteiger partial charge in [-0.2, -0.15) is 0 Å². The predicted molar refractivity (Wildman–Crippen MR) is 177 cm³/mol. The summed E-state index contributed by atoms with van der Waals surface area (Å²) < 4.78 is 21.4. The zero-order valence-electron chi connectivity index (χ0n) is 28.9. The van der Waals surface area contributed by atoms with Crippen molar-refractivity contribution < 1.29 is 64.6 Å². The van der Waals surface area contributed by atoms with E-state index in [4.69, 9.17) is 18.9 Å². The van der Waals surface area contributed by atoms with Gasteiger partial charge in [-0.3, -0.25) is 0 Å². The van der Waals surface area contributed by atoms with Crippen LogP contribution >= 0.6 is 0 Å². The number of hydrogen-bond donors (Lipinski definition) is 8. The van der Waals surface area contributed by atoms with Crippen molar-refractivity contribution in [2.24, 2.45) is 0 Å². The smallest absolute Gasteiger partial charge is 0.378 e. The standard InChI is InChI=1S/C35H64O13/c1-2-3-4-5-6-7-8-9-10-11-12-13-14-15-16-17-18-19-20-45-24-27(39)35(21-25(38)22-36)32(43)31(33(44)48-35)47-34-30(42)29(41)28(40)26(23-37)46-34/h25-30,34,36-43H,2-24H2,1H3/t25?,26-,27+,28-,29+,30-,34?,35-/m1/s1. The molecule has 1 fully saturated rings. The first kappa shape index (κ1) is 42.6. The number of carbonyl (C=O) groups is 1. The number of hydrogen-bond acceptors (Lipinski definition) is 13. The molecule has 2 rings (SSSR count). The highest BCUT2D eigenvalue weighted by molar-refractivity contribution is 5.90. The summed E-state index contributed by atoms with van der Waals surface area (Å²) in [6.07, 6.45) is 10.3. The number of aliphatic hydroxyl groups is 8. The molecule has 8 N–H and O–H groups in total. The quantitative estimate of drug-likeness (QED) is 0.0438. The van der Waals surface area contributed by atoms with E-state index in [2.05, 4.69) is 6.92 Å². The Bertz CT molecular complexity index is 900. The van der Waals surface area contributed by atoms with Crippen LogP contribution in [0.3, 0.4) is 0 Å². The van der Waals surface area contributed by atoms with Gasteiger partial charge in [-0.15, -0.1) is 0 Å². The van der Waals surface area contributed by atoms with E-state index in [1.807, 2.05) is 0 Å². The van der Waals surface area contributed by atoms with E-state index in [0.717, 1.165) is 25.7 Å². The van der Waals surface area contributed by atoms with Crippen LogP contribution < -0.4 is 0 Å². The molecule has 0 radical (unpaired) electrons. The van der Waals surface area contributed by atoms with Gasteiger partial charge in [0.2, 0.25) is 17.7 Å². The molecule has 0 bridgehead atoms. The van der Waals surface area contributed by atoms with Crippen molar-refractivity contribution in [3.63, 3.8) is 0 Å². The third kappa shape index (κ3) is 13.6. The first-order valence-corrected chi connectivity index (χ1v) is 18.3. The fourth-order valence-corrected chi connectivity index (χ4v) is 6.28. The van der Waals surface area contributed by atoms with Crippen molar-refractivity contribution in [1.29, 1.82) is 0 Å². The van der Waals surface area contributed by atoms with E-state index < -0.39 is 85.6 Å². The molecule has 48 heavy (non-hydrogen) atoms. The average molecular weight is 693 g/mol. The van der Waals surface area contributed by atoms with E-state index in [1.54, 1.807) is 0 Å². The number of aliphatic hydroxyl groups excluding tert-OH is 8. The maximum Gasteiger partial charge on any atom is 0.378 e. The Balaban J connectivity index is 1.68. The van der Waals surface area contributed by atoms with Gasteiger partial charge in [0.15, 0.2) is 5.76 Å². The molecule has 8 atom stereocenters. The lowest BCUT2D eigenvalue weighted by atomic mass is 9.88. The van der Waals surface area contributed by atoms with Crippen LogP contribution in [0.4, 0.5) is 0 Å². The molecule has 2 aliphatic rings. The molecule has 0 saturated carbocycles. The molecule has 13 nitrogen and oxygen atoms in total. The summed E-state index contributed by atoms with van der Waals surface area (Å²) in [5, 5.41) is 81.2. The molecular weight excluding hydrogens is 628 g/mol. The molecule has 2 unspecified atom stereocenters. The summed E-state index contributed by atoms with van der Waals surface area (Å²) in [6, 6.07) is 0. The zero-order chi connectivity index (χ0) is 35.4. The summed E-state index contributed by atoms with van der Waals surface area (Å²) in [7, 11) is 0. The van der Waals surface area contributed by atoms with Crippen LogP contribution in [0.5, 0.6) is 0 Å². The minimum absolute atomic E-state index is 0.307. The number of cyclic esters (lactones) is 1. The minimum atomic E-state index is -2.24. The SMILES string of the molecule is CCCCCCCCCCCCCCCCCCCCOC[C@H](O)[C@@]1(CC(O)CO)OC(=O)C(OC2O[C@H](CO)[C@@H](O)[C@H](O)[C@H]2O)=C1O. The lowest BCUT2D eigenvalue weighted by Gasteiger charge is -2.39. The second kappa shape index (κ2) is 23.8. The zero-order valence-corrected chi connectivity index (χ0v) is 28.9. The van der Waals surface area contributed by atoms with Crippen LogP contribution in [0.2, 0.25) is 0 Å². The number of unbranched alkanes of at least 4 members (excludes halogenated alkanes) is 17. The maximum absolute atomic E-state index is 12.7. The lowest BCUT2D eigenvalue weighted by molar-refractivity contribution is -0.291. The van der Waals surface area contributed by atoms with Gasteiger partial charge in [0.1, 0.15) is 30.5 Å². The van der Waals surface area contributed by atoms with Crippen LogP contribution in [0, 0.1) is 0 Å². The van der Waals surface area contributed by atoms with Crippen molar-refractivity contribution in [2.75, 3.05) is 26.4 Å².